The molecule has 2 aromatic rings. The zero-order chi connectivity index (χ0) is 14.2. The molecule has 1 N–H and O–H groups in total. The third kappa shape index (κ3) is 4.32. The number of nitrogens with one attached hydrogen (secondary N) is 1. The molecule has 0 spiro atoms. The second-order valence-electron chi connectivity index (χ2n) is 4.93. The van der Waals surface area contributed by atoms with Crippen molar-refractivity contribution in [2.24, 2.45) is 0 Å². The fourth-order valence-corrected chi connectivity index (χ4v) is 2.88. The number of pyridine rings is 1. The first-order valence-electron chi connectivity index (χ1n) is 7.18. The van der Waals surface area contributed by atoms with E-state index in [0.717, 1.165) is 32.5 Å². The van der Waals surface area contributed by atoms with Gasteiger partial charge < -0.3 is 10.2 Å². The molecule has 3 nitrogen and oxygen atoms in total. The van der Waals surface area contributed by atoms with Crippen molar-refractivity contribution < 1.29 is 0 Å². The van der Waals surface area contributed by atoms with Crippen LogP contribution < -0.4 is 10.2 Å². The molecule has 4 heteroatoms. The van der Waals surface area contributed by atoms with Crippen LogP contribution in [0.2, 0.25) is 0 Å². The minimum absolute atomic E-state index is 0.889. The van der Waals surface area contributed by atoms with Gasteiger partial charge in [0, 0.05) is 48.7 Å². The quantitative estimate of drug-likeness (QED) is 0.756. The van der Waals surface area contributed by atoms with Crippen molar-refractivity contribution in [1.29, 1.82) is 0 Å². The Balaban J connectivity index is 1.95. The van der Waals surface area contributed by atoms with Crippen LogP contribution in [0.1, 0.15) is 23.8 Å². The molecule has 0 saturated heterocycles. The lowest BCUT2D eigenvalue weighted by Crippen LogP contribution is -2.23. The Kier molecular flexibility index (Phi) is 6.02. The first kappa shape index (κ1) is 15.0. The van der Waals surface area contributed by atoms with E-state index in [4.69, 9.17) is 0 Å². The smallest absolute Gasteiger partial charge is 0.0440 e. The summed E-state index contributed by atoms with van der Waals surface area (Å²) in [6.07, 6.45) is 6.10. The average molecular weight is 289 g/mol. The third-order valence-electron chi connectivity index (χ3n) is 3.31. The highest BCUT2D eigenvalue weighted by molar-refractivity contribution is 7.09. The molecular weight excluding hydrogens is 266 g/mol. The molecule has 108 valence electrons. The summed E-state index contributed by atoms with van der Waals surface area (Å²) in [5.41, 5.74) is 2.55. The lowest BCUT2D eigenvalue weighted by atomic mass is 10.2. The van der Waals surface area contributed by atoms with E-state index in [1.165, 1.54) is 16.1 Å². The van der Waals surface area contributed by atoms with Gasteiger partial charge in [0.1, 0.15) is 0 Å². The summed E-state index contributed by atoms with van der Waals surface area (Å²) in [6.45, 7) is 5.16. The number of rotatable bonds is 8. The molecule has 0 unspecified atom stereocenters. The highest BCUT2D eigenvalue weighted by Crippen LogP contribution is 2.19. The molecule has 0 aliphatic rings. The Bertz CT molecular complexity index is 496. The summed E-state index contributed by atoms with van der Waals surface area (Å²) in [5, 5.41) is 5.59. The van der Waals surface area contributed by atoms with Crippen LogP contribution in [-0.2, 0) is 13.0 Å². The summed E-state index contributed by atoms with van der Waals surface area (Å²) in [5.74, 6) is 0. The number of thiophene rings is 1. The fourth-order valence-electron chi connectivity index (χ4n) is 2.18. The highest BCUT2D eigenvalue weighted by Gasteiger charge is 2.07. The van der Waals surface area contributed by atoms with E-state index in [2.05, 4.69) is 52.8 Å². The van der Waals surface area contributed by atoms with E-state index in [1.807, 2.05) is 23.7 Å². The third-order valence-corrected chi connectivity index (χ3v) is 4.24. The normalized spacial score (nSPS) is 10.7. The van der Waals surface area contributed by atoms with Gasteiger partial charge in [-0.3, -0.25) is 4.98 Å². The zero-order valence-electron chi connectivity index (χ0n) is 12.3. The maximum absolute atomic E-state index is 4.25. The molecule has 0 fully saturated rings. The minimum atomic E-state index is 0.889. The molecular formula is C16H23N3S. The van der Waals surface area contributed by atoms with Crippen LogP contribution in [0.3, 0.4) is 0 Å². The Labute approximate surface area is 125 Å². The summed E-state index contributed by atoms with van der Waals surface area (Å²) in [7, 11) is 2.16. The van der Waals surface area contributed by atoms with Crippen molar-refractivity contribution in [1.82, 2.24) is 10.3 Å². The zero-order valence-corrected chi connectivity index (χ0v) is 13.1. The molecule has 0 aliphatic heterocycles. The van der Waals surface area contributed by atoms with E-state index >= 15 is 0 Å². The monoisotopic (exact) mass is 289 g/mol. The molecule has 0 aliphatic carbocycles. The standard InChI is InChI=1S/C16H23N3S/c1-3-8-17-12-14-13-18-9-6-16(14)19(2)10-7-15-5-4-11-20-15/h4-6,9,11,13,17H,3,7-8,10,12H2,1-2H3. The van der Waals surface area contributed by atoms with Gasteiger partial charge in [0.2, 0.25) is 0 Å². The van der Waals surface area contributed by atoms with Gasteiger partial charge in [0.15, 0.2) is 0 Å². The van der Waals surface area contributed by atoms with Gasteiger partial charge in [0.25, 0.3) is 0 Å². The van der Waals surface area contributed by atoms with Crippen molar-refractivity contribution in [2.45, 2.75) is 26.3 Å². The molecule has 0 atom stereocenters. The first-order chi connectivity index (χ1) is 9.81. The van der Waals surface area contributed by atoms with Crippen LogP contribution in [0.5, 0.6) is 0 Å². The average Bonchev–Trinajstić information content (AvgIpc) is 2.99. The van der Waals surface area contributed by atoms with Crippen LogP contribution >= 0.6 is 11.3 Å². The number of anilines is 1. The van der Waals surface area contributed by atoms with E-state index in [-0.39, 0.29) is 0 Å². The van der Waals surface area contributed by atoms with Gasteiger partial charge in [-0.25, -0.2) is 0 Å². The Morgan fingerprint density at radius 1 is 1.35 bits per heavy atom. The largest absolute Gasteiger partial charge is 0.374 e. The fraction of sp³-hybridized carbons (Fsp3) is 0.438. The minimum Gasteiger partial charge on any atom is -0.374 e. The van der Waals surface area contributed by atoms with Crippen molar-refractivity contribution in [3.63, 3.8) is 0 Å². The lowest BCUT2D eigenvalue weighted by Gasteiger charge is -2.22. The molecule has 2 rings (SSSR count). The molecule has 2 aromatic heterocycles. The molecule has 0 bridgehead atoms. The summed E-state index contributed by atoms with van der Waals surface area (Å²) < 4.78 is 0. The Morgan fingerprint density at radius 2 is 2.25 bits per heavy atom. The van der Waals surface area contributed by atoms with Crippen molar-refractivity contribution in [2.75, 3.05) is 25.0 Å². The molecule has 0 amide bonds. The van der Waals surface area contributed by atoms with Crippen LogP contribution in [0, 0.1) is 0 Å². The summed E-state index contributed by atoms with van der Waals surface area (Å²) in [6, 6.07) is 6.43. The number of aromatic nitrogens is 1. The van der Waals surface area contributed by atoms with Gasteiger partial charge in [-0.1, -0.05) is 13.0 Å². The van der Waals surface area contributed by atoms with Gasteiger partial charge >= 0.3 is 0 Å². The van der Waals surface area contributed by atoms with Crippen molar-refractivity contribution >= 4 is 17.0 Å². The maximum Gasteiger partial charge on any atom is 0.0440 e. The van der Waals surface area contributed by atoms with E-state index in [9.17, 15) is 0 Å². The predicted octanol–water partition coefficient (Wildman–Crippen LogP) is 3.32. The van der Waals surface area contributed by atoms with Crippen molar-refractivity contribution in [3.8, 4) is 0 Å². The first-order valence-corrected chi connectivity index (χ1v) is 8.06. The van der Waals surface area contributed by atoms with Crippen LogP contribution in [0.25, 0.3) is 0 Å². The van der Waals surface area contributed by atoms with E-state index in [0.29, 0.717) is 0 Å². The van der Waals surface area contributed by atoms with Gasteiger partial charge in [0.05, 0.1) is 0 Å². The van der Waals surface area contributed by atoms with E-state index < -0.39 is 0 Å². The Hall–Kier alpha value is -1.39. The molecule has 20 heavy (non-hydrogen) atoms. The molecule has 0 aromatic carbocycles. The number of hydrogen-bond donors (Lipinski definition) is 1. The second kappa shape index (κ2) is 8.02. The van der Waals surface area contributed by atoms with Gasteiger partial charge in [-0.2, -0.15) is 0 Å². The van der Waals surface area contributed by atoms with E-state index in [1.54, 1.807) is 0 Å². The SMILES string of the molecule is CCCNCc1cnccc1N(C)CCc1cccs1. The molecule has 0 saturated carbocycles. The lowest BCUT2D eigenvalue weighted by molar-refractivity contribution is 0.672. The Morgan fingerprint density at radius 3 is 3.00 bits per heavy atom. The van der Waals surface area contributed by atoms with Gasteiger partial charge in [-0.05, 0) is 36.9 Å². The van der Waals surface area contributed by atoms with Crippen molar-refractivity contribution in [3.05, 3.63) is 46.4 Å². The highest BCUT2D eigenvalue weighted by atomic mass is 32.1. The predicted molar refractivity (Wildman–Crippen MR) is 87.5 cm³/mol. The summed E-state index contributed by atoms with van der Waals surface area (Å²) >= 11 is 1.83. The molecule has 0 radical (unpaired) electrons. The number of nitrogens with zero attached hydrogens (tertiary/aromatic N) is 2. The van der Waals surface area contributed by atoms with Crippen LogP contribution in [0.15, 0.2) is 36.0 Å². The number of likely N-dealkylation sites (N-methyl/N-ethyl adjacent to an activating group) is 1. The molecule has 2 heterocycles. The number of hydrogen-bond acceptors (Lipinski definition) is 4. The van der Waals surface area contributed by atoms with Crippen LogP contribution in [0.4, 0.5) is 5.69 Å². The van der Waals surface area contributed by atoms with Gasteiger partial charge in [-0.15, -0.1) is 11.3 Å². The second-order valence-corrected chi connectivity index (χ2v) is 5.96. The topological polar surface area (TPSA) is 28.2 Å². The summed E-state index contributed by atoms with van der Waals surface area (Å²) in [4.78, 5) is 8.02. The maximum atomic E-state index is 4.25. The van der Waals surface area contributed by atoms with Crippen LogP contribution in [-0.4, -0.2) is 25.1 Å².